The Balaban J connectivity index is 1.36. The van der Waals surface area contributed by atoms with Crippen molar-refractivity contribution >= 4 is 11.9 Å². The number of para-hydroxylation sites is 4. The maximum absolute atomic E-state index is 4.61. The number of anilines is 1. The molecule has 0 bridgehead atoms. The third-order valence-electron chi connectivity index (χ3n) is 5.38. The molecule has 6 aromatic rings. The van der Waals surface area contributed by atoms with Gasteiger partial charge in [0.25, 0.3) is 0 Å². The number of nitrogens with one attached hydrogen (secondary N) is 1. The van der Waals surface area contributed by atoms with Crippen molar-refractivity contribution in [2.75, 3.05) is 5.43 Å². The quantitative estimate of drug-likeness (QED) is 0.211. The van der Waals surface area contributed by atoms with Gasteiger partial charge in [0, 0.05) is 19.8 Å². The number of hydrogen-bond donors (Lipinski definition) is 1. The molecule has 2 heterocycles. The predicted octanol–water partition coefficient (Wildman–Crippen LogP) is 3.51. The highest BCUT2D eigenvalue weighted by atomic mass is 15.7. The molecule has 0 saturated heterocycles. The summed E-state index contributed by atoms with van der Waals surface area (Å²) in [5, 5.41) is 26.8. The van der Waals surface area contributed by atoms with Gasteiger partial charge in [0.15, 0.2) is 22.7 Å². The van der Waals surface area contributed by atoms with E-state index >= 15 is 0 Å². The lowest BCUT2D eigenvalue weighted by molar-refractivity contribution is -0.717. The molecule has 0 aliphatic carbocycles. The molecule has 2 aromatic heterocycles. The summed E-state index contributed by atoms with van der Waals surface area (Å²) in [4.78, 5) is 3.04. The van der Waals surface area contributed by atoms with Crippen molar-refractivity contribution in [1.29, 1.82) is 0 Å². The van der Waals surface area contributed by atoms with Gasteiger partial charge in [-0.15, -0.1) is 0 Å². The molecule has 0 aliphatic rings. The van der Waals surface area contributed by atoms with E-state index < -0.39 is 0 Å². The zero-order valence-corrected chi connectivity index (χ0v) is 19.5. The van der Waals surface area contributed by atoms with E-state index in [0.717, 1.165) is 22.7 Å². The molecule has 0 radical (unpaired) electrons. The Hall–Kier alpha value is -5.58. The second-order valence-electron chi connectivity index (χ2n) is 7.86. The lowest BCUT2D eigenvalue weighted by Gasteiger charge is -1.94. The third kappa shape index (κ3) is 4.68. The van der Waals surface area contributed by atoms with Gasteiger partial charge in [-0.1, -0.05) is 92.5 Å². The minimum Gasteiger partial charge on any atom is -0.203 e. The minimum absolute atomic E-state index is 0.282. The van der Waals surface area contributed by atoms with E-state index in [4.69, 9.17) is 0 Å². The summed E-state index contributed by atoms with van der Waals surface area (Å²) < 4.78 is 3.27. The van der Waals surface area contributed by atoms with E-state index in [9.17, 15) is 0 Å². The summed E-state index contributed by atoms with van der Waals surface area (Å²) in [5.41, 5.74) is 6.14. The predicted molar refractivity (Wildman–Crippen MR) is 134 cm³/mol. The molecule has 4 aromatic carbocycles. The first-order chi connectivity index (χ1) is 18.3. The summed E-state index contributed by atoms with van der Waals surface area (Å²) >= 11 is 0. The number of nitrogens with zero attached hydrogens (tertiary/aromatic N) is 10. The Morgan fingerprint density at radius 1 is 0.541 bits per heavy atom. The smallest absolute Gasteiger partial charge is 0.203 e. The van der Waals surface area contributed by atoms with E-state index in [1.165, 1.54) is 9.59 Å². The van der Waals surface area contributed by atoms with Gasteiger partial charge in [-0.25, -0.2) is 5.43 Å². The molecule has 0 unspecified atom stereocenters. The largest absolute Gasteiger partial charge is 0.406 e. The van der Waals surface area contributed by atoms with E-state index in [2.05, 4.69) is 36.4 Å². The van der Waals surface area contributed by atoms with Crippen molar-refractivity contribution in [3.8, 4) is 22.7 Å². The first-order valence-corrected chi connectivity index (χ1v) is 11.5. The summed E-state index contributed by atoms with van der Waals surface area (Å²) in [6.45, 7) is 0. The molecule has 11 heteroatoms. The van der Waals surface area contributed by atoms with E-state index in [1.807, 2.05) is 121 Å². The molecule has 0 fully saturated rings. The number of aromatic nitrogens is 8. The fourth-order valence-corrected chi connectivity index (χ4v) is 3.62. The topological polar surface area (TPSA) is 106 Å². The first kappa shape index (κ1) is 21.9. The monoisotopic (exact) mass is 487 g/mol. The van der Waals surface area contributed by atoms with Gasteiger partial charge in [-0.2, -0.15) is 0 Å². The van der Waals surface area contributed by atoms with Gasteiger partial charge in [0.1, 0.15) is 10.4 Å². The molecular weight excluding hydrogens is 466 g/mol. The second-order valence-corrected chi connectivity index (χ2v) is 7.86. The number of rotatable bonds is 7. The van der Waals surface area contributed by atoms with Crippen molar-refractivity contribution in [3.63, 3.8) is 0 Å². The normalized spacial score (nSPS) is 11.1. The first-order valence-electron chi connectivity index (χ1n) is 11.5. The summed E-state index contributed by atoms with van der Waals surface area (Å²) in [5.74, 6) is 0.657. The minimum atomic E-state index is 0.282. The number of tetrazole rings is 2. The van der Waals surface area contributed by atoms with E-state index in [-0.39, 0.29) is 5.95 Å². The van der Waals surface area contributed by atoms with Crippen molar-refractivity contribution < 1.29 is 9.59 Å². The van der Waals surface area contributed by atoms with Gasteiger partial charge in [0.2, 0.25) is 0 Å². The van der Waals surface area contributed by atoms with Gasteiger partial charge >= 0.3 is 11.9 Å². The van der Waals surface area contributed by atoms with Crippen LogP contribution in [0.5, 0.6) is 0 Å². The van der Waals surface area contributed by atoms with Crippen LogP contribution in [-0.2, 0) is 0 Å². The molecule has 0 atom stereocenters. The zero-order valence-electron chi connectivity index (χ0n) is 19.5. The Labute approximate surface area is 211 Å². The zero-order chi connectivity index (χ0) is 24.9. The van der Waals surface area contributed by atoms with Crippen LogP contribution >= 0.6 is 0 Å². The average Bonchev–Trinajstić information content (AvgIpc) is 3.60. The standard InChI is InChI=1S/C26H21N11/c1-5-13-21(14-6-1)34-25(29-36(32-34)23-17-9-3-10-18-23)27-31-28-26-30-37(24-19-11-4-12-20-24)33-35(26)22-15-7-2-8-16-22/h1-20H,(H,27,28,29,30,32,33)/q+2. The van der Waals surface area contributed by atoms with Crippen LogP contribution in [0.4, 0.5) is 11.9 Å². The highest BCUT2D eigenvalue weighted by Crippen LogP contribution is 2.15. The van der Waals surface area contributed by atoms with Crippen LogP contribution in [0.1, 0.15) is 0 Å². The maximum atomic E-state index is 4.61. The van der Waals surface area contributed by atoms with Gasteiger partial charge < -0.3 is 0 Å². The molecule has 37 heavy (non-hydrogen) atoms. The Bertz CT molecular complexity index is 1630. The van der Waals surface area contributed by atoms with E-state index in [0.29, 0.717) is 5.95 Å². The molecule has 0 amide bonds. The Morgan fingerprint density at radius 2 is 1.00 bits per heavy atom. The van der Waals surface area contributed by atoms with Gasteiger partial charge in [-0.3, -0.25) is 0 Å². The third-order valence-corrected chi connectivity index (χ3v) is 5.38. The van der Waals surface area contributed by atoms with Crippen LogP contribution in [0, 0.1) is 0 Å². The van der Waals surface area contributed by atoms with Crippen molar-refractivity contribution in [2.24, 2.45) is 10.3 Å². The van der Waals surface area contributed by atoms with Crippen LogP contribution in [0.15, 0.2) is 132 Å². The molecule has 6 rings (SSSR count). The summed E-state index contributed by atoms with van der Waals surface area (Å²) in [7, 11) is 0. The molecule has 1 N–H and O–H groups in total. The van der Waals surface area contributed by atoms with Crippen LogP contribution in [-0.4, -0.2) is 30.0 Å². The van der Waals surface area contributed by atoms with Crippen molar-refractivity contribution in [2.45, 2.75) is 0 Å². The van der Waals surface area contributed by atoms with Crippen molar-refractivity contribution in [1.82, 2.24) is 30.0 Å². The number of benzene rings is 4. The lowest BCUT2D eigenvalue weighted by Crippen LogP contribution is -2.36. The fourth-order valence-electron chi connectivity index (χ4n) is 3.62. The van der Waals surface area contributed by atoms with E-state index in [1.54, 1.807) is 9.36 Å². The van der Waals surface area contributed by atoms with Crippen LogP contribution < -0.4 is 15.0 Å². The van der Waals surface area contributed by atoms with Crippen LogP contribution in [0.2, 0.25) is 0 Å². The Morgan fingerprint density at radius 3 is 1.57 bits per heavy atom. The molecule has 178 valence electrons. The molecular formula is C26H21N11+2. The summed E-state index contributed by atoms with van der Waals surface area (Å²) in [6, 6.07) is 38.6. The molecule has 0 saturated carbocycles. The molecule has 0 spiro atoms. The molecule has 11 nitrogen and oxygen atoms in total. The van der Waals surface area contributed by atoms with Crippen LogP contribution in [0.25, 0.3) is 22.7 Å². The summed E-state index contributed by atoms with van der Waals surface area (Å²) in [6.07, 6.45) is 0. The highest BCUT2D eigenvalue weighted by Gasteiger charge is 2.24. The second kappa shape index (κ2) is 9.96. The number of hydrogen-bond acceptors (Lipinski definition) is 6. The maximum Gasteiger partial charge on any atom is 0.406 e. The average molecular weight is 488 g/mol. The van der Waals surface area contributed by atoms with Gasteiger partial charge in [-0.05, 0) is 48.5 Å². The van der Waals surface area contributed by atoms with Crippen LogP contribution in [0.3, 0.4) is 0 Å². The molecule has 0 aliphatic heterocycles. The fraction of sp³-hybridized carbons (Fsp3) is 0. The lowest BCUT2D eigenvalue weighted by atomic mass is 10.3. The highest BCUT2D eigenvalue weighted by molar-refractivity contribution is 5.38. The van der Waals surface area contributed by atoms with Gasteiger partial charge in [0.05, 0.1) is 0 Å². The van der Waals surface area contributed by atoms with Crippen molar-refractivity contribution in [3.05, 3.63) is 121 Å². The Kier molecular flexibility index (Phi) is 5.90. The SMILES string of the molecule is c1ccc(-n2n[n+](-c3ccccc3)nc2/N=N\Nc2n[n+](-c3ccccc3)nn2-c2ccccc2)cc1.